The molecule has 1 aromatic heterocycles. The molecule has 7 heteroatoms. The van der Waals surface area contributed by atoms with Gasteiger partial charge in [0, 0.05) is 24.2 Å². The molecule has 0 saturated carbocycles. The van der Waals surface area contributed by atoms with Gasteiger partial charge in [-0.15, -0.1) is 0 Å². The minimum atomic E-state index is -0.424. The number of nitro benzene ring substituents is 1. The highest BCUT2D eigenvalue weighted by Crippen LogP contribution is 2.21. The summed E-state index contributed by atoms with van der Waals surface area (Å²) >= 11 is 5.14. The number of H-pyrrole nitrogens is 1. The highest BCUT2D eigenvalue weighted by atomic mass is 32.1. The minimum absolute atomic E-state index is 0.0647. The Morgan fingerprint density at radius 1 is 1.44 bits per heavy atom. The zero-order valence-electron chi connectivity index (χ0n) is 9.79. The predicted molar refractivity (Wildman–Crippen MR) is 69.8 cm³/mol. The number of nitrogens with one attached hydrogen (secondary N) is 1. The van der Waals surface area contributed by atoms with E-state index in [2.05, 4.69) is 10.2 Å². The second-order valence-electron chi connectivity index (χ2n) is 3.81. The lowest BCUT2D eigenvalue weighted by Crippen LogP contribution is -2.00. The molecule has 0 fully saturated rings. The van der Waals surface area contributed by atoms with Crippen LogP contribution >= 0.6 is 12.2 Å². The van der Waals surface area contributed by atoms with Crippen LogP contribution < -0.4 is 0 Å². The number of nitro groups is 1. The Morgan fingerprint density at radius 3 is 2.67 bits per heavy atom. The number of hydrogen-bond donors (Lipinski definition) is 1. The highest BCUT2D eigenvalue weighted by Gasteiger charge is 2.10. The Balaban J connectivity index is 2.42. The zero-order valence-corrected chi connectivity index (χ0v) is 10.6. The summed E-state index contributed by atoms with van der Waals surface area (Å²) in [6.07, 6.45) is 0.938. The van der Waals surface area contributed by atoms with Crippen molar-refractivity contribution in [2.75, 3.05) is 0 Å². The van der Waals surface area contributed by atoms with E-state index in [9.17, 15) is 10.1 Å². The predicted octanol–water partition coefficient (Wildman–Crippen LogP) is 2.93. The third-order valence-corrected chi connectivity index (χ3v) is 2.85. The van der Waals surface area contributed by atoms with Gasteiger partial charge in [-0.25, -0.2) is 0 Å². The number of hydrogen-bond acceptors (Lipinski definition) is 4. The van der Waals surface area contributed by atoms with E-state index in [0.29, 0.717) is 10.6 Å². The van der Waals surface area contributed by atoms with Crippen LogP contribution in [0.5, 0.6) is 0 Å². The van der Waals surface area contributed by atoms with Crippen molar-refractivity contribution in [3.8, 4) is 11.4 Å². The third kappa shape index (κ3) is 2.30. The molecule has 0 aliphatic carbocycles. The van der Waals surface area contributed by atoms with Crippen LogP contribution in [0, 0.1) is 14.9 Å². The minimum Gasteiger partial charge on any atom is -0.300 e. The standard InChI is InChI=1S/C11H12N4O2S/c1-2-7-14-10(12-13-11(14)18)8-3-5-9(6-4-8)15(16)17/h3-6H,2,7H2,1H3,(H,13,18). The molecule has 2 rings (SSSR count). The maximum absolute atomic E-state index is 10.6. The molecule has 6 nitrogen and oxygen atoms in total. The Labute approximate surface area is 108 Å². The van der Waals surface area contributed by atoms with Crippen molar-refractivity contribution in [1.29, 1.82) is 0 Å². The molecule has 18 heavy (non-hydrogen) atoms. The molecule has 1 heterocycles. The topological polar surface area (TPSA) is 76.8 Å². The number of benzene rings is 1. The van der Waals surface area contributed by atoms with Crippen molar-refractivity contribution in [3.63, 3.8) is 0 Å². The van der Waals surface area contributed by atoms with Gasteiger partial charge in [-0.3, -0.25) is 15.2 Å². The Hall–Kier alpha value is -2.02. The molecule has 94 valence electrons. The van der Waals surface area contributed by atoms with E-state index in [1.165, 1.54) is 12.1 Å². The molecule has 0 aliphatic heterocycles. The Morgan fingerprint density at radius 2 is 2.11 bits per heavy atom. The molecular weight excluding hydrogens is 252 g/mol. The van der Waals surface area contributed by atoms with Crippen molar-refractivity contribution in [2.24, 2.45) is 0 Å². The maximum atomic E-state index is 10.6. The molecule has 1 N–H and O–H groups in total. The number of nitrogens with zero attached hydrogens (tertiary/aromatic N) is 3. The SMILES string of the molecule is CCCn1c(-c2ccc([N+](=O)[O-])cc2)n[nH]c1=S. The monoisotopic (exact) mass is 264 g/mol. The van der Waals surface area contributed by atoms with Crippen LogP contribution in [0.1, 0.15) is 13.3 Å². The first kappa shape index (κ1) is 12.4. The molecule has 0 atom stereocenters. The van der Waals surface area contributed by atoms with Gasteiger partial charge in [0.05, 0.1) is 4.92 Å². The van der Waals surface area contributed by atoms with Crippen LogP contribution in [-0.4, -0.2) is 19.7 Å². The van der Waals surface area contributed by atoms with E-state index in [-0.39, 0.29) is 5.69 Å². The fourth-order valence-electron chi connectivity index (χ4n) is 1.70. The number of rotatable bonds is 4. The van der Waals surface area contributed by atoms with Crippen LogP contribution in [0.3, 0.4) is 0 Å². The molecule has 0 radical (unpaired) electrons. The van der Waals surface area contributed by atoms with Gasteiger partial charge in [-0.1, -0.05) is 6.92 Å². The van der Waals surface area contributed by atoms with Gasteiger partial charge < -0.3 is 4.57 Å². The molecule has 0 saturated heterocycles. The average Bonchev–Trinajstić information content (AvgIpc) is 2.72. The van der Waals surface area contributed by atoms with Crippen LogP contribution in [0.25, 0.3) is 11.4 Å². The van der Waals surface area contributed by atoms with Gasteiger partial charge in [0.25, 0.3) is 5.69 Å². The molecule has 0 aliphatic rings. The summed E-state index contributed by atoms with van der Waals surface area (Å²) in [5, 5.41) is 17.5. The van der Waals surface area contributed by atoms with E-state index in [1.54, 1.807) is 12.1 Å². The molecule has 0 spiro atoms. The van der Waals surface area contributed by atoms with Gasteiger partial charge >= 0.3 is 0 Å². The first-order valence-electron chi connectivity index (χ1n) is 5.53. The average molecular weight is 264 g/mol. The lowest BCUT2D eigenvalue weighted by Gasteiger charge is -2.04. The smallest absolute Gasteiger partial charge is 0.269 e. The van der Waals surface area contributed by atoms with Gasteiger partial charge in [0.15, 0.2) is 10.6 Å². The van der Waals surface area contributed by atoms with E-state index in [1.807, 2.05) is 11.5 Å². The van der Waals surface area contributed by atoms with Gasteiger partial charge in [-0.05, 0) is 30.8 Å². The largest absolute Gasteiger partial charge is 0.300 e. The first-order valence-corrected chi connectivity index (χ1v) is 5.94. The third-order valence-electron chi connectivity index (χ3n) is 2.54. The first-order chi connectivity index (χ1) is 8.63. The summed E-state index contributed by atoms with van der Waals surface area (Å²) in [5.74, 6) is 0.705. The molecule has 0 amide bonds. The van der Waals surface area contributed by atoms with Crippen molar-refractivity contribution < 1.29 is 4.92 Å². The summed E-state index contributed by atoms with van der Waals surface area (Å²) in [5.41, 5.74) is 0.872. The van der Waals surface area contributed by atoms with Crippen LogP contribution in [-0.2, 0) is 6.54 Å². The molecule has 2 aromatic rings. The van der Waals surface area contributed by atoms with Gasteiger partial charge in [0.1, 0.15) is 0 Å². The normalized spacial score (nSPS) is 10.5. The van der Waals surface area contributed by atoms with Crippen molar-refractivity contribution in [1.82, 2.24) is 14.8 Å². The maximum Gasteiger partial charge on any atom is 0.269 e. The molecule has 0 bridgehead atoms. The number of non-ortho nitro benzene ring substituents is 1. The van der Waals surface area contributed by atoms with E-state index >= 15 is 0 Å². The van der Waals surface area contributed by atoms with Gasteiger partial charge in [0.2, 0.25) is 0 Å². The fraction of sp³-hybridized carbons (Fsp3) is 0.273. The summed E-state index contributed by atoms with van der Waals surface area (Å²) < 4.78 is 2.45. The van der Waals surface area contributed by atoms with Crippen LogP contribution in [0.4, 0.5) is 5.69 Å². The molecule has 1 aromatic carbocycles. The quantitative estimate of drug-likeness (QED) is 0.523. The van der Waals surface area contributed by atoms with Gasteiger partial charge in [-0.2, -0.15) is 5.10 Å². The lowest BCUT2D eigenvalue weighted by molar-refractivity contribution is -0.384. The van der Waals surface area contributed by atoms with Crippen molar-refractivity contribution in [2.45, 2.75) is 19.9 Å². The van der Waals surface area contributed by atoms with E-state index in [0.717, 1.165) is 18.5 Å². The molecule has 0 unspecified atom stereocenters. The van der Waals surface area contributed by atoms with Crippen molar-refractivity contribution >= 4 is 17.9 Å². The van der Waals surface area contributed by atoms with E-state index in [4.69, 9.17) is 12.2 Å². The number of aromatic amines is 1. The second-order valence-corrected chi connectivity index (χ2v) is 4.19. The zero-order chi connectivity index (χ0) is 13.1. The number of aromatic nitrogens is 3. The Bertz CT molecular complexity index is 615. The second kappa shape index (κ2) is 5.09. The van der Waals surface area contributed by atoms with E-state index < -0.39 is 4.92 Å². The van der Waals surface area contributed by atoms with Crippen LogP contribution in [0.15, 0.2) is 24.3 Å². The fourth-order valence-corrected chi connectivity index (χ4v) is 1.92. The Kier molecular flexibility index (Phi) is 3.52. The summed E-state index contributed by atoms with van der Waals surface area (Å²) in [6.45, 7) is 2.82. The van der Waals surface area contributed by atoms with Crippen molar-refractivity contribution in [3.05, 3.63) is 39.2 Å². The van der Waals surface area contributed by atoms with Crippen LogP contribution in [0.2, 0.25) is 0 Å². The summed E-state index contributed by atoms with van der Waals surface area (Å²) in [7, 11) is 0. The molecular formula is C11H12N4O2S. The highest BCUT2D eigenvalue weighted by molar-refractivity contribution is 7.71. The summed E-state index contributed by atoms with van der Waals surface area (Å²) in [4.78, 5) is 10.2. The lowest BCUT2D eigenvalue weighted by atomic mass is 10.2. The summed E-state index contributed by atoms with van der Waals surface area (Å²) in [6, 6.07) is 6.27.